The van der Waals surface area contributed by atoms with E-state index in [-0.39, 0.29) is 22.8 Å². The van der Waals surface area contributed by atoms with E-state index < -0.39 is 4.92 Å². The molecule has 0 aliphatic heterocycles. The van der Waals surface area contributed by atoms with Crippen LogP contribution in [0.15, 0.2) is 12.1 Å². The molecule has 0 unspecified atom stereocenters. The Balaban J connectivity index is 1.49. The van der Waals surface area contributed by atoms with Gasteiger partial charge in [-0.1, -0.05) is 0 Å². The highest BCUT2D eigenvalue weighted by atomic mass is 16.6. The minimum absolute atomic E-state index is 0.0194. The molecule has 0 heterocycles. The number of hydrogen-bond donors (Lipinski definition) is 1. The van der Waals surface area contributed by atoms with Crippen molar-refractivity contribution in [3.8, 4) is 5.75 Å². The van der Waals surface area contributed by atoms with Crippen LogP contribution in [0, 0.1) is 40.2 Å². The number of methoxy groups -OCH3 is 1. The number of anilines is 1. The van der Waals surface area contributed by atoms with Crippen LogP contribution in [0.4, 0.5) is 11.4 Å². The number of amides is 1. The molecule has 4 fully saturated rings. The third kappa shape index (κ3) is 3.06. The first-order chi connectivity index (χ1) is 12.4. The zero-order valence-corrected chi connectivity index (χ0v) is 15.4. The highest BCUT2D eigenvalue weighted by molar-refractivity contribution is 5.92. The first kappa shape index (κ1) is 17.3. The summed E-state index contributed by atoms with van der Waals surface area (Å²) in [6, 6.07) is 3.02. The van der Waals surface area contributed by atoms with Crippen LogP contribution in [0.25, 0.3) is 0 Å². The maximum Gasteiger partial charge on any atom is 0.311 e. The summed E-state index contributed by atoms with van der Waals surface area (Å²) in [5, 5.41) is 14.1. The third-order valence-electron chi connectivity index (χ3n) is 6.70. The predicted octanol–water partition coefficient (Wildman–Crippen LogP) is 4.46. The van der Waals surface area contributed by atoms with Gasteiger partial charge in [0.05, 0.1) is 12.0 Å². The molecule has 4 aliphatic rings. The van der Waals surface area contributed by atoms with Gasteiger partial charge in [0.15, 0.2) is 5.75 Å². The van der Waals surface area contributed by atoms with Gasteiger partial charge in [0.2, 0.25) is 5.91 Å². The van der Waals surface area contributed by atoms with E-state index >= 15 is 0 Å². The molecule has 1 N–H and O–H groups in total. The molecule has 0 aromatic heterocycles. The monoisotopic (exact) mass is 358 g/mol. The quantitative estimate of drug-likeness (QED) is 0.622. The summed E-state index contributed by atoms with van der Waals surface area (Å²) in [5.74, 6) is 2.64. The van der Waals surface area contributed by atoms with Crippen LogP contribution in [0.5, 0.6) is 5.75 Å². The molecule has 0 saturated heterocycles. The van der Waals surface area contributed by atoms with Crippen LogP contribution in [0.2, 0.25) is 0 Å². The number of ether oxygens (including phenoxy) is 1. The average molecular weight is 358 g/mol. The summed E-state index contributed by atoms with van der Waals surface area (Å²) in [7, 11) is 1.40. The van der Waals surface area contributed by atoms with Crippen LogP contribution in [-0.2, 0) is 4.79 Å². The van der Waals surface area contributed by atoms with Crippen LogP contribution < -0.4 is 10.1 Å². The molecule has 140 valence electrons. The second kappa shape index (κ2) is 6.25. The Hall–Kier alpha value is -2.11. The van der Waals surface area contributed by atoms with Gasteiger partial charge in [-0.2, -0.15) is 0 Å². The third-order valence-corrected chi connectivity index (χ3v) is 6.70. The van der Waals surface area contributed by atoms with Gasteiger partial charge >= 0.3 is 5.69 Å². The van der Waals surface area contributed by atoms with Crippen molar-refractivity contribution in [1.82, 2.24) is 0 Å². The zero-order chi connectivity index (χ0) is 18.5. The number of nitrogens with one attached hydrogen (secondary N) is 1. The van der Waals surface area contributed by atoms with Gasteiger partial charge in [0.25, 0.3) is 0 Å². The number of nitrogens with zero attached hydrogens (tertiary/aromatic N) is 1. The molecule has 0 atom stereocenters. The van der Waals surface area contributed by atoms with Gasteiger partial charge in [-0.05, 0) is 74.2 Å². The number of benzene rings is 1. The van der Waals surface area contributed by atoms with Gasteiger partial charge in [-0.25, -0.2) is 0 Å². The number of nitro benzene ring substituents is 1. The number of carbonyl (C=O) groups is 1. The topological polar surface area (TPSA) is 81.5 Å². The fraction of sp³-hybridized carbons (Fsp3) is 0.650. The van der Waals surface area contributed by atoms with Crippen LogP contribution in [0.3, 0.4) is 0 Å². The maximum atomic E-state index is 12.8. The molecule has 4 saturated carbocycles. The lowest BCUT2D eigenvalue weighted by Gasteiger charge is -2.56. The fourth-order valence-electron chi connectivity index (χ4n) is 6.16. The Kier molecular flexibility index (Phi) is 4.16. The second-order valence-electron chi connectivity index (χ2n) is 8.74. The van der Waals surface area contributed by atoms with Crippen molar-refractivity contribution in [3.63, 3.8) is 0 Å². The molecule has 0 spiro atoms. The molecule has 1 aromatic carbocycles. The Morgan fingerprint density at radius 2 is 1.81 bits per heavy atom. The maximum absolute atomic E-state index is 12.8. The average Bonchev–Trinajstić information content (AvgIpc) is 2.54. The van der Waals surface area contributed by atoms with Crippen LogP contribution in [-0.4, -0.2) is 17.9 Å². The Bertz CT molecular complexity index is 723. The van der Waals surface area contributed by atoms with Gasteiger partial charge in [-0.15, -0.1) is 0 Å². The molecule has 5 rings (SSSR count). The number of nitro groups is 1. The molecule has 0 radical (unpaired) electrons. The van der Waals surface area contributed by atoms with Crippen molar-refractivity contribution >= 4 is 17.3 Å². The minimum Gasteiger partial charge on any atom is -0.490 e. The molecule has 1 aromatic rings. The molecule has 6 nitrogen and oxygen atoms in total. The number of hydrogen-bond acceptors (Lipinski definition) is 4. The predicted molar refractivity (Wildman–Crippen MR) is 98.2 cm³/mol. The molecule has 26 heavy (non-hydrogen) atoms. The molecule has 6 heteroatoms. The second-order valence-corrected chi connectivity index (χ2v) is 8.74. The molecule has 1 amide bonds. The highest BCUT2D eigenvalue weighted by Gasteiger charge is 2.51. The van der Waals surface area contributed by atoms with E-state index in [0.29, 0.717) is 17.7 Å². The van der Waals surface area contributed by atoms with Gasteiger partial charge < -0.3 is 10.1 Å². The van der Waals surface area contributed by atoms with Crippen LogP contribution >= 0.6 is 0 Å². The summed E-state index contributed by atoms with van der Waals surface area (Å²) >= 11 is 0. The molecule has 4 bridgehead atoms. The summed E-state index contributed by atoms with van der Waals surface area (Å²) < 4.78 is 5.12. The zero-order valence-electron chi connectivity index (χ0n) is 15.4. The van der Waals surface area contributed by atoms with Gasteiger partial charge in [-0.3, -0.25) is 14.9 Å². The van der Waals surface area contributed by atoms with Crippen molar-refractivity contribution in [2.75, 3.05) is 12.4 Å². The van der Waals surface area contributed by atoms with E-state index in [2.05, 4.69) is 5.32 Å². The smallest absolute Gasteiger partial charge is 0.311 e. The Labute approximate surface area is 153 Å². The number of carbonyl (C=O) groups excluding carboxylic acids is 1. The number of rotatable bonds is 5. The Morgan fingerprint density at radius 1 is 1.23 bits per heavy atom. The summed E-state index contributed by atoms with van der Waals surface area (Å²) in [4.78, 5) is 23.4. The first-order valence-corrected chi connectivity index (χ1v) is 9.50. The van der Waals surface area contributed by atoms with E-state index in [1.807, 2.05) is 0 Å². The summed E-state index contributed by atoms with van der Waals surface area (Å²) in [6.45, 7) is 1.77. The normalized spacial score (nSPS) is 31.7. The van der Waals surface area contributed by atoms with E-state index in [9.17, 15) is 14.9 Å². The SMILES string of the molecule is COc1cc(NC(=O)CC23CC4CC(CC(C4)C2)C3)c(C)cc1[N+](=O)[O-]. The Morgan fingerprint density at radius 3 is 2.31 bits per heavy atom. The standard InChI is InChI=1S/C20H26N2O4/c1-12-3-17(22(24)25)18(26-2)7-16(12)21-19(23)11-20-8-13-4-14(9-20)6-15(5-13)10-20/h3,7,13-15H,4-6,8-11H2,1-2H3,(H,21,23). The van der Waals surface area contributed by atoms with Crippen molar-refractivity contribution in [1.29, 1.82) is 0 Å². The van der Waals surface area contributed by atoms with Crippen molar-refractivity contribution in [2.24, 2.45) is 23.2 Å². The minimum atomic E-state index is -0.465. The van der Waals surface area contributed by atoms with Crippen LogP contribution in [0.1, 0.15) is 50.5 Å². The van der Waals surface area contributed by atoms with E-state index in [4.69, 9.17) is 4.74 Å². The van der Waals surface area contributed by atoms with Gasteiger partial charge in [0, 0.05) is 24.2 Å². The lowest BCUT2D eigenvalue weighted by molar-refractivity contribution is -0.385. The fourth-order valence-corrected chi connectivity index (χ4v) is 6.16. The molecular weight excluding hydrogens is 332 g/mol. The lowest BCUT2D eigenvalue weighted by atomic mass is 9.49. The van der Waals surface area contributed by atoms with E-state index in [1.165, 1.54) is 51.7 Å². The van der Waals surface area contributed by atoms with Crippen molar-refractivity contribution in [3.05, 3.63) is 27.8 Å². The van der Waals surface area contributed by atoms with E-state index in [1.54, 1.807) is 13.0 Å². The lowest BCUT2D eigenvalue weighted by Crippen LogP contribution is -2.47. The van der Waals surface area contributed by atoms with Crippen molar-refractivity contribution < 1.29 is 14.5 Å². The summed E-state index contributed by atoms with van der Waals surface area (Å²) in [5.41, 5.74) is 1.38. The molecular formula is C20H26N2O4. The van der Waals surface area contributed by atoms with Gasteiger partial charge in [0.1, 0.15) is 0 Å². The molecule has 4 aliphatic carbocycles. The van der Waals surface area contributed by atoms with Crippen molar-refractivity contribution in [2.45, 2.75) is 51.9 Å². The van der Waals surface area contributed by atoms with E-state index in [0.717, 1.165) is 17.8 Å². The highest BCUT2D eigenvalue weighted by Crippen LogP contribution is 2.61. The first-order valence-electron chi connectivity index (χ1n) is 9.50. The largest absolute Gasteiger partial charge is 0.490 e. The summed E-state index contributed by atoms with van der Waals surface area (Å²) in [6.07, 6.45) is 8.22. The number of aryl methyl sites for hydroxylation is 1.